The molecule has 1 N–H and O–H groups in total. The first-order valence-electron chi connectivity index (χ1n) is 6.78. The molecule has 0 rings (SSSR count). The molecule has 0 atom stereocenters. The van der Waals surface area contributed by atoms with Crippen molar-refractivity contribution >= 4 is 0 Å². The fourth-order valence-electron chi connectivity index (χ4n) is 1.69. The number of aliphatic hydroxyl groups excluding tert-OH is 1. The molecule has 0 aliphatic carbocycles. The predicted octanol–water partition coefficient (Wildman–Crippen LogP) is 4.62. The Balaban J connectivity index is 3.00. The van der Waals surface area contributed by atoms with Gasteiger partial charge in [0.15, 0.2) is 0 Å². The van der Waals surface area contributed by atoms with Crippen LogP contribution in [0.15, 0.2) is 24.8 Å². The van der Waals surface area contributed by atoms with E-state index in [4.69, 9.17) is 5.11 Å². The molecule has 0 bridgehead atoms. The summed E-state index contributed by atoms with van der Waals surface area (Å²) in [6.07, 6.45) is 18.8. The van der Waals surface area contributed by atoms with Crippen molar-refractivity contribution in [1.29, 1.82) is 0 Å². The number of rotatable bonds is 12. The Morgan fingerprint density at radius 2 is 1.19 bits per heavy atom. The van der Waals surface area contributed by atoms with Crippen molar-refractivity contribution in [2.45, 2.75) is 64.2 Å². The first-order chi connectivity index (χ1) is 7.91. The van der Waals surface area contributed by atoms with E-state index in [-0.39, 0.29) is 0 Å². The molecule has 94 valence electrons. The molecule has 0 saturated heterocycles. The Morgan fingerprint density at radius 1 is 0.688 bits per heavy atom. The van der Waals surface area contributed by atoms with E-state index in [2.05, 4.69) is 18.7 Å². The van der Waals surface area contributed by atoms with Crippen molar-refractivity contribution in [2.24, 2.45) is 0 Å². The molecule has 0 aromatic carbocycles. The second kappa shape index (κ2) is 14.4. The van der Waals surface area contributed by atoms with E-state index in [1.807, 2.05) is 6.08 Å². The Kier molecular flexibility index (Phi) is 13.9. The number of hydrogen-bond acceptors (Lipinski definition) is 1. The van der Waals surface area contributed by atoms with Crippen molar-refractivity contribution in [3.8, 4) is 0 Å². The predicted molar refractivity (Wildman–Crippen MR) is 72.6 cm³/mol. The molecule has 1 nitrogen and oxygen atoms in total. The maximum absolute atomic E-state index is 8.60. The summed E-state index contributed by atoms with van der Waals surface area (Å²) < 4.78 is 0. The third-order valence-electron chi connectivity index (χ3n) is 2.72. The SMILES string of the molecule is C=CCCCCCCC=CCCCCCO. The lowest BCUT2D eigenvalue weighted by Crippen LogP contribution is -1.81. The smallest absolute Gasteiger partial charge is 0.0431 e. The lowest BCUT2D eigenvalue weighted by Gasteiger charge is -1.97. The normalized spacial score (nSPS) is 11.1. The molecule has 0 aliphatic heterocycles. The quantitative estimate of drug-likeness (QED) is 0.379. The van der Waals surface area contributed by atoms with Crippen LogP contribution in [0.25, 0.3) is 0 Å². The summed E-state index contributed by atoms with van der Waals surface area (Å²) in [5.41, 5.74) is 0. The Bertz CT molecular complexity index is 161. The lowest BCUT2D eigenvalue weighted by molar-refractivity contribution is 0.283. The van der Waals surface area contributed by atoms with Gasteiger partial charge in [-0.1, -0.05) is 37.5 Å². The maximum Gasteiger partial charge on any atom is 0.0431 e. The third kappa shape index (κ3) is 13.4. The summed E-state index contributed by atoms with van der Waals surface area (Å²) in [5, 5.41) is 8.60. The Morgan fingerprint density at radius 3 is 1.69 bits per heavy atom. The fourth-order valence-corrected chi connectivity index (χ4v) is 1.69. The van der Waals surface area contributed by atoms with Gasteiger partial charge < -0.3 is 5.11 Å². The van der Waals surface area contributed by atoms with Crippen LogP contribution in [-0.2, 0) is 0 Å². The average molecular weight is 224 g/mol. The van der Waals surface area contributed by atoms with E-state index >= 15 is 0 Å². The maximum atomic E-state index is 8.60. The molecule has 0 unspecified atom stereocenters. The minimum atomic E-state index is 0.342. The van der Waals surface area contributed by atoms with Gasteiger partial charge in [-0.15, -0.1) is 6.58 Å². The number of unbranched alkanes of at least 4 members (excludes halogenated alkanes) is 8. The van der Waals surface area contributed by atoms with Gasteiger partial charge in [0.2, 0.25) is 0 Å². The van der Waals surface area contributed by atoms with Gasteiger partial charge >= 0.3 is 0 Å². The molecule has 0 radical (unpaired) electrons. The van der Waals surface area contributed by atoms with E-state index in [9.17, 15) is 0 Å². The molecule has 0 saturated carbocycles. The van der Waals surface area contributed by atoms with Crippen LogP contribution >= 0.6 is 0 Å². The average Bonchev–Trinajstić information content (AvgIpc) is 2.31. The lowest BCUT2D eigenvalue weighted by atomic mass is 10.1. The largest absolute Gasteiger partial charge is 0.396 e. The number of aliphatic hydroxyl groups is 1. The zero-order valence-electron chi connectivity index (χ0n) is 10.7. The second-order valence-electron chi connectivity index (χ2n) is 4.32. The third-order valence-corrected chi connectivity index (χ3v) is 2.72. The molecule has 1 heteroatoms. The molecule has 0 aromatic heterocycles. The number of allylic oxidation sites excluding steroid dienone is 3. The van der Waals surface area contributed by atoms with Crippen LogP contribution in [0.4, 0.5) is 0 Å². The van der Waals surface area contributed by atoms with Crippen molar-refractivity contribution in [1.82, 2.24) is 0 Å². The van der Waals surface area contributed by atoms with Gasteiger partial charge in [0, 0.05) is 6.61 Å². The first kappa shape index (κ1) is 15.4. The van der Waals surface area contributed by atoms with Crippen LogP contribution in [0.2, 0.25) is 0 Å². The van der Waals surface area contributed by atoms with E-state index < -0.39 is 0 Å². The molecule has 0 fully saturated rings. The van der Waals surface area contributed by atoms with Gasteiger partial charge in [-0.2, -0.15) is 0 Å². The van der Waals surface area contributed by atoms with Gasteiger partial charge in [0.05, 0.1) is 0 Å². The van der Waals surface area contributed by atoms with Gasteiger partial charge in [-0.25, -0.2) is 0 Å². The Labute approximate surface area is 101 Å². The minimum absolute atomic E-state index is 0.342. The zero-order valence-corrected chi connectivity index (χ0v) is 10.7. The fraction of sp³-hybridized carbons (Fsp3) is 0.733. The second-order valence-corrected chi connectivity index (χ2v) is 4.32. The monoisotopic (exact) mass is 224 g/mol. The minimum Gasteiger partial charge on any atom is -0.396 e. The molecule has 0 amide bonds. The highest BCUT2D eigenvalue weighted by Crippen LogP contribution is 2.07. The highest BCUT2D eigenvalue weighted by Gasteiger charge is 1.87. The van der Waals surface area contributed by atoms with Gasteiger partial charge in [-0.05, 0) is 44.9 Å². The van der Waals surface area contributed by atoms with Crippen LogP contribution in [0.3, 0.4) is 0 Å². The van der Waals surface area contributed by atoms with Crippen LogP contribution < -0.4 is 0 Å². The number of hydrogen-bond donors (Lipinski definition) is 1. The summed E-state index contributed by atoms with van der Waals surface area (Å²) >= 11 is 0. The van der Waals surface area contributed by atoms with Crippen molar-refractivity contribution < 1.29 is 5.11 Å². The molecule has 0 aliphatic rings. The molecule has 16 heavy (non-hydrogen) atoms. The van der Waals surface area contributed by atoms with Gasteiger partial charge in [-0.3, -0.25) is 0 Å². The first-order valence-corrected chi connectivity index (χ1v) is 6.78. The summed E-state index contributed by atoms with van der Waals surface area (Å²) in [6.45, 7) is 4.06. The van der Waals surface area contributed by atoms with Crippen molar-refractivity contribution in [2.75, 3.05) is 6.61 Å². The van der Waals surface area contributed by atoms with Crippen molar-refractivity contribution in [3.63, 3.8) is 0 Å². The Hall–Kier alpha value is -0.560. The molecular weight excluding hydrogens is 196 g/mol. The zero-order chi connectivity index (χ0) is 11.9. The molecular formula is C15H28O. The van der Waals surface area contributed by atoms with Gasteiger partial charge in [0.1, 0.15) is 0 Å². The highest BCUT2D eigenvalue weighted by atomic mass is 16.2. The van der Waals surface area contributed by atoms with Crippen LogP contribution in [0.1, 0.15) is 64.2 Å². The van der Waals surface area contributed by atoms with E-state index in [1.54, 1.807) is 0 Å². The summed E-state index contributed by atoms with van der Waals surface area (Å²) in [5.74, 6) is 0. The van der Waals surface area contributed by atoms with E-state index in [0.29, 0.717) is 6.61 Å². The van der Waals surface area contributed by atoms with Crippen LogP contribution in [0.5, 0.6) is 0 Å². The standard InChI is InChI=1S/C15H28O/c1-2-3-4-5-6-7-8-9-10-11-12-13-14-15-16/h2,9-10,16H,1,3-8,11-15H2. The summed E-state index contributed by atoms with van der Waals surface area (Å²) in [7, 11) is 0. The van der Waals surface area contributed by atoms with E-state index in [1.165, 1.54) is 51.4 Å². The van der Waals surface area contributed by atoms with E-state index in [0.717, 1.165) is 12.8 Å². The van der Waals surface area contributed by atoms with Crippen LogP contribution in [-0.4, -0.2) is 11.7 Å². The van der Waals surface area contributed by atoms with Gasteiger partial charge in [0.25, 0.3) is 0 Å². The summed E-state index contributed by atoms with van der Waals surface area (Å²) in [4.78, 5) is 0. The highest BCUT2D eigenvalue weighted by molar-refractivity contribution is 4.81. The van der Waals surface area contributed by atoms with Crippen LogP contribution in [0, 0.1) is 0 Å². The topological polar surface area (TPSA) is 20.2 Å². The molecule has 0 aromatic rings. The molecule has 0 spiro atoms. The molecule has 0 heterocycles. The van der Waals surface area contributed by atoms with Crippen molar-refractivity contribution in [3.05, 3.63) is 24.8 Å². The summed E-state index contributed by atoms with van der Waals surface area (Å²) in [6, 6.07) is 0.